The van der Waals surface area contributed by atoms with Crippen molar-refractivity contribution in [1.82, 2.24) is 0 Å². The van der Waals surface area contributed by atoms with Crippen molar-refractivity contribution in [3.63, 3.8) is 0 Å². The van der Waals surface area contributed by atoms with Gasteiger partial charge in [-0.3, -0.25) is 4.79 Å². The number of hydrogen-bond acceptors (Lipinski definition) is 3. The Balaban J connectivity index is 2.04. The fourth-order valence-corrected chi connectivity index (χ4v) is 2.11. The van der Waals surface area contributed by atoms with E-state index < -0.39 is 0 Å². The second kappa shape index (κ2) is 6.60. The van der Waals surface area contributed by atoms with Crippen molar-refractivity contribution >= 4 is 5.97 Å². The molecule has 1 aliphatic rings. The lowest BCUT2D eigenvalue weighted by atomic mass is 9.94. The van der Waals surface area contributed by atoms with Crippen molar-refractivity contribution in [3.8, 4) is 5.75 Å². The van der Waals surface area contributed by atoms with E-state index in [1.165, 1.54) is 0 Å². The van der Waals surface area contributed by atoms with E-state index in [4.69, 9.17) is 9.47 Å². The highest BCUT2D eigenvalue weighted by molar-refractivity contribution is 5.78. The van der Waals surface area contributed by atoms with Crippen LogP contribution < -0.4 is 4.74 Å². The third kappa shape index (κ3) is 3.98. The summed E-state index contributed by atoms with van der Waals surface area (Å²) < 4.78 is 10.9. The SMILES string of the molecule is CCCC(C(=O)OCC)c1ccc(OC2CC2)cc1. The average molecular weight is 262 g/mol. The van der Waals surface area contributed by atoms with E-state index in [1.54, 1.807) is 0 Å². The average Bonchev–Trinajstić information content (AvgIpc) is 3.21. The third-order valence-corrected chi connectivity index (χ3v) is 3.26. The highest BCUT2D eigenvalue weighted by Gasteiger charge is 2.24. The normalized spacial score (nSPS) is 15.9. The number of hydrogen-bond donors (Lipinski definition) is 0. The fourth-order valence-electron chi connectivity index (χ4n) is 2.11. The fraction of sp³-hybridized carbons (Fsp3) is 0.562. The van der Waals surface area contributed by atoms with E-state index >= 15 is 0 Å². The van der Waals surface area contributed by atoms with Crippen LogP contribution >= 0.6 is 0 Å². The summed E-state index contributed by atoms with van der Waals surface area (Å²) in [4.78, 5) is 12.0. The molecule has 3 nitrogen and oxygen atoms in total. The number of carbonyl (C=O) groups is 1. The monoisotopic (exact) mass is 262 g/mol. The number of ether oxygens (including phenoxy) is 2. The lowest BCUT2D eigenvalue weighted by Crippen LogP contribution is -2.16. The largest absolute Gasteiger partial charge is 0.490 e. The van der Waals surface area contributed by atoms with Crippen molar-refractivity contribution in [2.24, 2.45) is 0 Å². The molecule has 0 amide bonds. The minimum Gasteiger partial charge on any atom is -0.490 e. The second-order valence-electron chi connectivity index (χ2n) is 4.98. The maximum atomic E-state index is 12.0. The summed E-state index contributed by atoms with van der Waals surface area (Å²) in [6.07, 6.45) is 4.50. The summed E-state index contributed by atoms with van der Waals surface area (Å²) in [6, 6.07) is 7.87. The van der Waals surface area contributed by atoms with Crippen LogP contribution in [0.5, 0.6) is 5.75 Å². The molecule has 1 fully saturated rings. The number of esters is 1. The van der Waals surface area contributed by atoms with Gasteiger partial charge in [0.15, 0.2) is 0 Å². The molecule has 1 unspecified atom stereocenters. The molecule has 19 heavy (non-hydrogen) atoms. The topological polar surface area (TPSA) is 35.5 Å². The van der Waals surface area contributed by atoms with E-state index in [0.717, 1.165) is 37.0 Å². The zero-order chi connectivity index (χ0) is 13.7. The smallest absolute Gasteiger partial charge is 0.313 e. The van der Waals surface area contributed by atoms with Crippen molar-refractivity contribution in [2.45, 2.75) is 51.6 Å². The quantitative estimate of drug-likeness (QED) is 0.703. The van der Waals surface area contributed by atoms with E-state index in [2.05, 4.69) is 6.92 Å². The Labute approximate surface area is 114 Å². The molecular weight excluding hydrogens is 240 g/mol. The highest BCUT2D eigenvalue weighted by Crippen LogP contribution is 2.29. The van der Waals surface area contributed by atoms with Crippen molar-refractivity contribution in [1.29, 1.82) is 0 Å². The van der Waals surface area contributed by atoms with E-state index in [0.29, 0.717) is 12.7 Å². The van der Waals surface area contributed by atoms with Crippen molar-refractivity contribution in [3.05, 3.63) is 29.8 Å². The first-order chi connectivity index (χ1) is 9.24. The summed E-state index contributed by atoms with van der Waals surface area (Å²) in [5.41, 5.74) is 1.02. The Morgan fingerprint density at radius 3 is 2.47 bits per heavy atom. The van der Waals surface area contributed by atoms with Gasteiger partial charge in [-0.05, 0) is 43.9 Å². The summed E-state index contributed by atoms with van der Waals surface area (Å²) in [5.74, 6) is 0.616. The molecule has 0 aliphatic heterocycles. The van der Waals surface area contributed by atoms with Crippen LogP contribution in [-0.2, 0) is 9.53 Å². The molecule has 1 atom stereocenters. The maximum Gasteiger partial charge on any atom is 0.313 e. The van der Waals surface area contributed by atoms with Crippen molar-refractivity contribution < 1.29 is 14.3 Å². The van der Waals surface area contributed by atoms with E-state index in [-0.39, 0.29) is 11.9 Å². The summed E-state index contributed by atoms with van der Waals surface area (Å²) in [6.45, 7) is 4.35. The van der Waals surface area contributed by atoms with Gasteiger partial charge in [-0.1, -0.05) is 25.5 Å². The Morgan fingerprint density at radius 1 is 1.26 bits per heavy atom. The molecule has 0 saturated heterocycles. The third-order valence-electron chi connectivity index (χ3n) is 3.26. The van der Waals surface area contributed by atoms with Gasteiger partial charge in [-0.15, -0.1) is 0 Å². The summed E-state index contributed by atoms with van der Waals surface area (Å²) >= 11 is 0. The highest BCUT2D eigenvalue weighted by atomic mass is 16.5. The number of benzene rings is 1. The molecular formula is C16H22O3. The lowest BCUT2D eigenvalue weighted by molar-refractivity contribution is -0.145. The van der Waals surface area contributed by atoms with Crippen LogP contribution in [0, 0.1) is 0 Å². The summed E-state index contributed by atoms with van der Waals surface area (Å²) in [7, 11) is 0. The van der Waals surface area contributed by atoms with Gasteiger partial charge in [0.2, 0.25) is 0 Å². The zero-order valence-corrected chi connectivity index (χ0v) is 11.7. The molecule has 1 aromatic rings. The van der Waals surface area contributed by atoms with E-state index in [9.17, 15) is 4.79 Å². The van der Waals surface area contributed by atoms with Gasteiger partial charge < -0.3 is 9.47 Å². The molecule has 0 aromatic heterocycles. The first-order valence-corrected chi connectivity index (χ1v) is 7.17. The van der Waals surface area contributed by atoms with Gasteiger partial charge >= 0.3 is 5.97 Å². The minimum absolute atomic E-state index is 0.125. The standard InChI is InChI=1S/C16H22O3/c1-3-5-15(16(17)18-4-2)12-6-8-13(9-7-12)19-14-10-11-14/h6-9,14-15H,3-5,10-11H2,1-2H3. The van der Waals surface area contributed by atoms with Crippen LogP contribution in [0.2, 0.25) is 0 Å². The van der Waals surface area contributed by atoms with Gasteiger partial charge in [0.1, 0.15) is 5.75 Å². The van der Waals surface area contributed by atoms with Gasteiger partial charge in [-0.25, -0.2) is 0 Å². The van der Waals surface area contributed by atoms with Crippen LogP contribution in [-0.4, -0.2) is 18.7 Å². The second-order valence-corrected chi connectivity index (χ2v) is 4.98. The van der Waals surface area contributed by atoms with Gasteiger partial charge in [0, 0.05) is 0 Å². The van der Waals surface area contributed by atoms with Gasteiger partial charge in [0.05, 0.1) is 18.6 Å². The predicted octanol–water partition coefficient (Wildman–Crippen LogP) is 3.67. The van der Waals surface area contributed by atoms with Crippen LogP contribution in [0.25, 0.3) is 0 Å². The number of rotatable bonds is 7. The molecule has 0 radical (unpaired) electrons. The van der Waals surface area contributed by atoms with Gasteiger partial charge in [-0.2, -0.15) is 0 Å². The molecule has 1 saturated carbocycles. The van der Waals surface area contributed by atoms with Crippen LogP contribution in [0.15, 0.2) is 24.3 Å². The minimum atomic E-state index is -0.153. The molecule has 1 aromatic carbocycles. The van der Waals surface area contributed by atoms with Crippen LogP contribution in [0.4, 0.5) is 0 Å². The van der Waals surface area contributed by atoms with Gasteiger partial charge in [0.25, 0.3) is 0 Å². The molecule has 0 spiro atoms. The summed E-state index contributed by atoms with van der Waals surface area (Å²) in [5, 5.41) is 0. The van der Waals surface area contributed by atoms with Crippen LogP contribution in [0.3, 0.4) is 0 Å². The van der Waals surface area contributed by atoms with Crippen molar-refractivity contribution in [2.75, 3.05) is 6.61 Å². The Bertz CT molecular complexity index is 407. The van der Waals surface area contributed by atoms with Crippen LogP contribution in [0.1, 0.15) is 51.0 Å². The first kappa shape index (κ1) is 13.9. The Kier molecular flexibility index (Phi) is 4.83. The molecule has 0 heterocycles. The molecule has 0 bridgehead atoms. The zero-order valence-electron chi connectivity index (χ0n) is 11.7. The lowest BCUT2D eigenvalue weighted by Gasteiger charge is -2.15. The Morgan fingerprint density at radius 2 is 1.95 bits per heavy atom. The molecule has 2 rings (SSSR count). The van der Waals surface area contributed by atoms with E-state index in [1.807, 2.05) is 31.2 Å². The maximum absolute atomic E-state index is 12.0. The molecule has 104 valence electrons. The predicted molar refractivity (Wildman–Crippen MR) is 74.4 cm³/mol. The Hall–Kier alpha value is -1.51. The molecule has 0 N–H and O–H groups in total. The first-order valence-electron chi connectivity index (χ1n) is 7.17. The molecule has 3 heteroatoms. The molecule has 1 aliphatic carbocycles. The number of carbonyl (C=O) groups excluding carboxylic acids is 1.